The molecule has 0 heterocycles. The number of hydrogen-bond acceptors (Lipinski definition) is 3. The second-order valence-electron chi connectivity index (χ2n) is 0. The molecule has 5 N–H and O–H groups in total. The molecule has 39 valence electrons. The monoisotopic (exact) mass is 124 g/mol. The molecule has 0 aliphatic heterocycles. The third kappa shape index (κ3) is 188. The van der Waals surface area contributed by atoms with Gasteiger partial charge in [0.05, 0.1) is 0 Å². The average molecular weight is 124 g/mol. The molecule has 5 heavy (non-hydrogen) atoms. The van der Waals surface area contributed by atoms with Gasteiger partial charge in [-0.1, -0.05) is 0 Å². The van der Waals surface area contributed by atoms with E-state index in [2.05, 4.69) is 0 Å². The van der Waals surface area contributed by atoms with E-state index in [0.29, 0.717) is 0 Å². The van der Waals surface area contributed by atoms with Gasteiger partial charge in [0, 0.05) is 17.1 Å². The van der Waals surface area contributed by atoms with Crippen LogP contribution in [-0.2, 0) is 17.1 Å². The number of hydrogen-bond donors (Lipinski definition) is 0. The van der Waals surface area contributed by atoms with Gasteiger partial charge < -0.3 is 21.9 Å². The van der Waals surface area contributed by atoms with Crippen LogP contribution >= 0.6 is 0 Å². The van der Waals surface area contributed by atoms with Crippen LogP contribution in [0.15, 0.2) is 0 Å². The van der Waals surface area contributed by atoms with Gasteiger partial charge in [0.25, 0.3) is 0 Å². The molecule has 0 rings (SSSR count). The van der Waals surface area contributed by atoms with Crippen LogP contribution in [0.4, 0.5) is 0 Å². The van der Waals surface area contributed by atoms with Crippen molar-refractivity contribution in [2.75, 3.05) is 0 Å². The van der Waals surface area contributed by atoms with Gasteiger partial charge in [-0.15, -0.1) is 0 Å². The molecular weight excluding hydrogens is 119 g/mol. The Morgan fingerprint density at radius 1 is 0.600 bits per heavy atom. The largest absolute Gasteiger partial charge is 0.870 e. The van der Waals surface area contributed by atoms with E-state index in [0.717, 1.165) is 0 Å². The van der Waals surface area contributed by atoms with Crippen molar-refractivity contribution in [1.82, 2.24) is 0 Å². The van der Waals surface area contributed by atoms with E-state index in [1.807, 2.05) is 0 Å². The third-order valence-electron chi connectivity index (χ3n) is 0. The van der Waals surface area contributed by atoms with Gasteiger partial charge in [-0.3, -0.25) is 0 Å². The maximum absolute atomic E-state index is 0. The summed E-state index contributed by atoms with van der Waals surface area (Å²) in [6.07, 6.45) is 0. The van der Waals surface area contributed by atoms with Crippen molar-refractivity contribution in [1.29, 1.82) is 0 Å². The summed E-state index contributed by atoms with van der Waals surface area (Å²) in [6.45, 7) is 0. The van der Waals surface area contributed by atoms with Crippen LogP contribution in [0.3, 0.4) is 0 Å². The van der Waals surface area contributed by atoms with E-state index in [1.165, 1.54) is 0 Å². The molecule has 0 amide bonds. The Labute approximate surface area is 39.9 Å². The Morgan fingerprint density at radius 3 is 0.600 bits per heavy atom. The minimum absolute atomic E-state index is 0. The zero-order chi connectivity index (χ0) is 0. The minimum Gasteiger partial charge on any atom is -0.870 e. The van der Waals surface area contributed by atoms with Crippen molar-refractivity contribution in [3.63, 3.8) is 0 Å². The summed E-state index contributed by atoms with van der Waals surface area (Å²) in [5.41, 5.74) is 0. The second-order valence-corrected chi connectivity index (χ2v) is 0. The summed E-state index contributed by atoms with van der Waals surface area (Å²) < 4.78 is 0. The maximum Gasteiger partial charge on any atom is 0 e. The standard InChI is InChI=1S/Mn.4H2O/h;4*1H2/p-3. The first-order valence-corrected chi connectivity index (χ1v) is 0. The Kier molecular flexibility index (Phi) is 60000. The summed E-state index contributed by atoms with van der Waals surface area (Å²) in [4.78, 5) is 0. The topological polar surface area (TPSA) is 122 Å². The van der Waals surface area contributed by atoms with Crippen LogP contribution in [-0.4, -0.2) is 21.9 Å². The fourth-order valence-electron chi connectivity index (χ4n) is 0. The van der Waals surface area contributed by atoms with Crippen molar-refractivity contribution >= 4 is 0 Å². The van der Waals surface area contributed by atoms with Gasteiger partial charge in [-0.2, -0.15) is 0 Å². The van der Waals surface area contributed by atoms with Gasteiger partial charge in [-0.25, -0.2) is 0 Å². The average Bonchev–Trinajstić information content (AvgIpc) is 0. The van der Waals surface area contributed by atoms with Crippen LogP contribution in [0.1, 0.15) is 0 Å². The molecule has 0 saturated heterocycles. The molecule has 0 saturated carbocycles. The Bertz CT molecular complexity index is 3.61. The molecule has 1 radical (unpaired) electrons. The zero-order valence-corrected chi connectivity index (χ0v) is 3.40. The van der Waals surface area contributed by atoms with E-state index in [4.69, 9.17) is 0 Å². The predicted molar refractivity (Wildman–Crippen MR) is 9.42 cm³/mol. The van der Waals surface area contributed by atoms with Crippen molar-refractivity contribution < 1.29 is 39.0 Å². The van der Waals surface area contributed by atoms with Crippen LogP contribution < -0.4 is 0 Å². The zero-order valence-electron chi connectivity index (χ0n) is 2.22. The van der Waals surface area contributed by atoms with Gasteiger partial charge >= 0.3 is 0 Å². The molecule has 0 fully saturated rings. The molecule has 0 atom stereocenters. The van der Waals surface area contributed by atoms with Crippen molar-refractivity contribution in [2.45, 2.75) is 0 Å². The van der Waals surface area contributed by atoms with Crippen LogP contribution in [0.25, 0.3) is 0 Å². The third-order valence-corrected chi connectivity index (χ3v) is 0. The first-order valence-electron chi connectivity index (χ1n) is 0. The first-order chi connectivity index (χ1) is 0. The molecule has 4 nitrogen and oxygen atoms in total. The smallest absolute Gasteiger partial charge is 0 e. The quantitative estimate of drug-likeness (QED) is 0.370. The van der Waals surface area contributed by atoms with Gasteiger partial charge in [0.15, 0.2) is 0 Å². The Morgan fingerprint density at radius 2 is 0.600 bits per heavy atom. The predicted octanol–water partition coefficient (Wildman–Crippen LogP) is -1.36. The minimum atomic E-state index is 0. The van der Waals surface area contributed by atoms with E-state index >= 15 is 0 Å². The van der Waals surface area contributed by atoms with Crippen molar-refractivity contribution in [2.24, 2.45) is 0 Å². The molecule has 0 aromatic rings. The fraction of sp³-hybridized carbons (Fsp3) is 0. The normalized spacial score (nSPS) is 0. The molecule has 0 aliphatic carbocycles. The summed E-state index contributed by atoms with van der Waals surface area (Å²) >= 11 is 0. The van der Waals surface area contributed by atoms with Crippen LogP contribution in [0.5, 0.6) is 0 Å². The van der Waals surface area contributed by atoms with Crippen molar-refractivity contribution in [3.05, 3.63) is 0 Å². The molecule has 0 spiro atoms. The second kappa shape index (κ2) is 381. The van der Waals surface area contributed by atoms with Crippen LogP contribution in [0, 0.1) is 0 Å². The summed E-state index contributed by atoms with van der Waals surface area (Å²) in [7, 11) is 0. The first kappa shape index (κ1) is 788. The molecule has 0 aliphatic rings. The molecular formula is H5MnO4-3. The van der Waals surface area contributed by atoms with E-state index in [9.17, 15) is 0 Å². The summed E-state index contributed by atoms with van der Waals surface area (Å²) in [5.74, 6) is 0. The Hall–Kier alpha value is 0.359. The molecule has 5 heteroatoms. The van der Waals surface area contributed by atoms with Gasteiger partial charge in [-0.05, 0) is 0 Å². The molecule has 0 bridgehead atoms. The summed E-state index contributed by atoms with van der Waals surface area (Å²) in [5, 5.41) is 0. The van der Waals surface area contributed by atoms with Crippen LogP contribution in [0.2, 0.25) is 0 Å². The van der Waals surface area contributed by atoms with Gasteiger partial charge in [0.2, 0.25) is 0 Å². The molecule has 0 unspecified atom stereocenters. The van der Waals surface area contributed by atoms with E-state index < -0.39 is 0 Å². The van der Waals surface area contributed by atoms with E-state index in [1.54, 1.807) is 0 Å². The SMILES string of the molecule is O.[Mn].[OH-].[OH-].[OH-]. The van der Waals surface area contributed by atoms with Gasteiger partial charge in [0.1, 0.15) is 0 Å². The maximum atomic E-state index is 0. The molecule has 0 aromatic heterocycles. The fourth-order valence-corrected chi connectivity index (χ4v) is 0. The number of rotatable bonds is 0. The van der Waals surface area contributed by atoms with Crippen molar-refractivity contribution in [3.8, 4) is 0 Å². The van der Waals surface area contributed by atoms with E-state index in [-0.39, 0.29) is 39.0 Å². The summed E-state index contributed by atoms with van der Waals surface area (Å²) in [6, 6.07) is 0. The Balaban J connectivity index is 0. The molecule has 0 aromatic carbocycles.